The van der Waals surface area contributed by atoms with Gasteiger partial charge in [-0.05, 0) is 53.6 Å². The number of benzene rings is 3. The first-order valence-corrected chi connectivity index (χ1v) is 11.5. The molecule has 1 unspecified atom stereocenters. The molecule has 3 aromatic carbocycles. The molecule has 1 aliphatic heterocycles. The lowest BCUT2D eigenvalue weighted by Crippen LogP contribution is -2.24. The fourth-order valence-corrected chi connectivity index (χ4v) is 4.38. The van der Waals surface area contributed by atoms with Gasteiger partial charge in [0.15, 0.2) is 0 Å². The monoisotopic (exact) mass is 508 g/mol. The summed E-state index contributed by atoms with van der Waals surface area (Å²) in [6, 6.07) is 19.9. The van der Waals surface area contributed by atoms with Crippen molar-refractivity contribution in [1.82, 2.24) is 9.99 Å². The second-order valence-electron chi connectivity index (χ2n) is 8.47. The summed E-state index contributed by atoms with van der Waals surface area (Å²) in [4.78, 5) is 16.3. The molecular weight excluding hydrogens is 489 g/mol. The predicted octanol–water partition coefficient (Wildman–Crippen LogP) is 7.35. The smallest absolute Gasteiger partial charge is 0.355 e. The summed E-state index contributed by atoms with van der Waals surface area (Å²) in [7, 11) is 0. The van der Waals surface area contributed by atoms with Crippen LogP contribution in [-0.4, -0.2) is 21.6 Å². The summed E-state index contributed by atoms with van der Waals surface area (Å²) in [5.74, 6) is -0.151. The van der Waals surface area contributed by atoms with Crippen LogP contribution in [0.1, 0.15) is 36.1 Å². The highest BCUT2D eigenvalue weighted by molar-refractivity contribution is 6.30. The molecule has 0 bridgehead atoms. The van der Waals surface area contributed by atoms with Crippen LogP contribution in [0.3, 0.4) is 0 Å². The number of pyridine rings is 1. The average Bonchev–Trinajstić information content (AvgIpc) is 3.30. The molecule has 1 N–H and O–H groups in total. The standard InChI is InChI=1S/C27H20ClF3N4O/c1-16(36)35-26(18-2-7-20(28)8-3-18)15-24(34-35)17-4-9-21(10-5-17)33-23-12-13-32-25-14-19(27(29,30)31)6-11-22(23)25/h2-14,26H,15H2,1H3,(H,32,33). The number of nitrogens with one attached hydrogen (secondary N) is 1. The lowest BCUT2D eigenvalue weighted by Gasteiger charge is -2.20. The minimum atomic E-state index is -4.43. The molecule has 5 rings (SSSR count). The molecule has 1 amide bonds. The van der Waals surface area contributed by atoms with E-state index in [0.29, 0.717) is 22.5 Å². The van der Waals surface area contributed by atoms with E-state index in [4.69, 9.17) is 11.6 Å². The van der Waals surface area contributed by atoms with E-state index in [9.17, 15) is 18.0 Å². The summed E-state index contributed by atoms with van der Waals surface area (Å²) < 4.78 is 39.2. The Morgan fingerprint density at radius 2 is 1.75 bits per heavy atom. The van der Waals surface area contributed by atoms with E-state index in [1.54, 1.807) is 18.2 Å². The number of hydrogen-bond acceptors (Lipinski definition) is 4. The Bertz CT molecular complexity index is 1470. The molecule has 1 aromatic heterocycles. The molecule has 0 radical (unpaired) electrons. The largest absolute Gasteiger partial charge is 0.416 e. The van der Waals surface area contributed by atoms with Gasteiger partial charge in [-0.15, -0.1) is 0 Å². The Morgan fingerprint density at radius 3 is 2.42 bits per heavy atom. The number of halogens is 4. The highest BCUT2D eigenvalue weighted by Crippen LogP contribution is 2.35. The van der Waals surface area contributed by atoms with E-state index in [-0.39, 0.29) is 17.5 Å². The number of aromatic nitrogens is 1. The zero-order valence-electron chi connectivity index (χ0n) is 19.1. The number of hydrogen-bond donors (Lipinski definition) is 1. The quantitative estimate of drug-likeness (QED) is 0.313. The van der Waals surface area contributed by atoms with E-state index in [0.717, 1.165) is 34.7 Å². The zero-order valence-corrected chi connectivity index (χ0v) is 19.8. The van der Waals surface area contributed by atoms with Gasteiger partial charge in [0.05, 0.1) is 22.8 Å². The van der Waals surface area contributed by atoms with Crippen LogP contribution in [-0.2, 0) is 11.0 Å². The van der Waals surface area contributed by atoms with Crippen molar-refractivity contribution in [1.29, 1.82) is 0 Å². The maximum Gasteiger partial charge on any atom is 0.416 e. The number of hydrazone groups is 1. The molecular formula is C27H20ClF3N4O. The van der Waals surface area contributed by atoms with Gasteiger partial charge in [0.2, 0.25) is 5.91 Å². The molecule has 9 heteroatoms. The third kappa shape index (κ3) is 4.77. The van der Waals surface area contributed by atoms with Crippen molar-refractivity contribution in [2.75, 3.05) is 5.32 Å². The van der Waals surface area contributed by atoms with Crippen molar-refractivity contribution in [2.45, 2.75) is 25.6 Å². The lowest BCUT2D eigenvalue weighted by molar-refractivity contribution is -0.137. The molecule has 4 aromatic rings. The molecule has 0 saturated heterocycles. The average molecular weight is 509 g/mol. The number of anilines is 2. The molecule has 1 aliphatic rings. The van der Waals surface area contributed by atoms with Gasteiger partial charge in [0.25, 0.3) is 0 Å². The summed E-state index contributed by atoms with van der Waals surface area (Å²) >= 11 is 6.01. The number of nitrogens with zero attached hydrogens (tertiary/aromatic N) is 3. The van der Waals surface area contributed by atoms with Gasteiger partial charge in [-0.2, -0.15) is 18.3 Å². The first kappa shape index (κ1) is 23.8. The highest BCUT2D eigenvalue weighted by Gasteiger charge is 2.32. The van der Waals surface area contributed by atoms with Gasteiger partial charge in [-0.25, -0.2) is 5.01 Å². The maximum absolute atomic E-state index is 13.1. The van der Waals surface area contributed by atoms with Gasteiger partial charge >= 0.3 is 6.18 Å². The molecule has 2 heterocycles. The molecule has 1 atom stereocenters. The first-order chi connectivity index (χ1) is 17.2. The highest BCUT2D eigenvalue weighted by atomic mass is 35.5. The van der Waals surface area contributed by atoms with Gasteiger partial charge in [0, 0.05) is 41.3 Å². The molecule has 5 nitrogen and oxygen atoms in total. The van der Waals surface area contributed by atoms with Crippen LogP contribution in [0.15, 0.2) is 84.1 Å². The second-order valence-corrected chi connectivity index (χ2v) is 8.91. The van der Waals surface area contributed by atoms with E-state index < -0.39 is 11.7 Å². The molecule has 0 fully saturated rings. The van der Waals surface area contributed by atoms with Gasteiger partial charge < -0.3 is 5.32 Å². The normalized spacial score (nSPS) is 15.8. The topological polar surface area (TPSA) is 57.6 Å². The van der Waals surface area contributed by atoms with Crippen LogP contribution >= 0.6 is 11.6 Å². The summed E-state index contributed by atoms with van der Waals surface area (Å²) in [5, 5.41) is 10.5. The van der Waals surface area contributed by atoms with Gasteiger partial charge in [-0.1, -0.05) is 41.9 Å². The number of carbonyl (C=O) groups is 1. The third-order valence-corrected chi connectivity index (χ3v) is 6.31. The first-order valence-electron chi connectivity index (χ1n) is 11.2. The number of fused-ring (bicyclic) bond motifs is 1. The Labute approximate surface area is 210 Å². The lowest BCUT2D eigenvalue weighted by atomic mass is 9.98. The minimum absolute atomic E-state index is 0.151. The van der Waals surface area contributed by atoms with Crippen LogP contribution in [0.4, 0.5) is 24.5 Å². The third-order valence-electron chi connectivity index (χ3n) is 6.05. The number of amides is 1. The van der Waals surface area contributed by atoms with Crippen molar-refractivity contribution in [3.8, 4) is 0 Å². The predicted molar refractivity (Wildman–Crippen MR) is 134 cm³/mol. The van der Waals surface area contributed by atoms with Crippen molar-refractivity contribution in [2.24, 2.45) is 5.10 Å². The number of alkyl halides is 3. The Morgan fingerprint density at radius 1 is 1.03 bits per heavy atom. The molecule has 0 aliphatic carbocycles. The second kappa shape index (κ2) is 9.28. The molecule has 0 saturated carbocycles. The summed E-state index contributed by atoms with van der Waals surface area (Å²) in [6.07, 6.45) is -2.40. The van der Waals surface area contributed by atoms with Crippen LogP contribution in [0.2, 0.25) is 5.02 Å². The summed E-state index contributed by atoms with van der Waals surface area (Å²) in [5.41, 5.74) is 3.52. The molecule has 182 valence electrons. The Hall–Kier alpha value is -3.91. The minimum Gasteiger partial charge on any atom is -0.355 e. The van der Waals surface area contributed by atoms with E-state index in [2.05, 4.69) is 15.4 Å². The number of carbonyl (C=O) groups excluding carboxylic acids is 1. The van der Waals surface area contributed by atoms with Crippen LogP contribution in [0.5, 0.6) is 0 Å². The maximum atomic E-state index is 13.1. The van der Waals surface area contributed by atoms with Crippen molar-refractivity contribution in [3.63, 3.8) is 0 Å². The molecule has 36 heavy (non-hydrogen) atoms. The van der Waals surface area contributed by atoms with Crippen LogP contribution in [0, 0.1) is 0 Å². The zero-order chi connectivity index (χ0) is 25.4. The van der Waals surface area contributed by atoms with E-state index >= 15 is 0 Å². The van der Waals surface area contributed by atoms with E-state index in [1.807, 2.05) is 36.4 Å². The van der Waals surface area contributed by atoms with Crippen LogP contribution < -0.4 is 5.32 Å². The molecule has 0 spiro atoms. The van der Waals surface area contributed by atoms with Crippen molar-refractivity contribution in [3.05, 3.63) is 101 Å². The van der Waals surface area contributed by atoms with Crippen molar-refractivity contribution >= 4 is 45.5 Å². The van der Waals surface area contributed by atoms with Gasteiger partial charge in [-0.3, -0.25) is 9.78 Å². The van der Waals surface area contributed by atoms with Crippen LogP contribution in [0.25, 0.3) is 10.9 Å². The Balaban J connectivity index is 1.37. The van der Waals surface area contributed by atoms with E-state index in [1.165, 1.54) is 24.2 Å². The van der Waals surface area contributed by atoms with Crippen molar-refractivity contribution < 1.29 is 18.0 Å². The van der Waals surface area contributed by atoms with Gasteiger partial charge in [0.1, 0.15) is 0 Å². The number of rotatable bonds is 4. The fourth-order valence-electron chi connectivity index (χ4n) is 4.25. The summed E-state index contributed by atoms with van der Waals surface area (Å²) in [6.45, 7) is 1.49. The fraction of sp³-hybridized carbons (Fsp3) is 0.148. The SMILES string of the molecule is CC(=O)N1N=C(c2ccc(Nc3ccnc4cc(C(F)(F)F)ccc34)cc2)CC1c1ccc(Cl)cc1. The Kier molecular flexibility index (Phi) is 6.14.